The monoisotopic (exact) mass is 440 g/mol. The van der Waals surface area contributed by atoms with Crippen LogP contribution in [0.2, 0.25) is 0 Å². The molecule has 0 saturated carbocycles. The number of aromatic hydroxyl groups is 1. The SMILES string of the molecule is Cc1cc(C[C@@H](C)C(=O)N2CCC(N3CCC(C)(C(F)(F)F)CC3)CC2)cc(C)c1O. The van der Waals surface area contributed by atoms with Gasteiger partial charge in [-0.1, -0.05) is 26.0 Å². The highest BCUT2D eigenvalue weighted by molar-refractivity contribution is 5.79. The van der Waals surface area contributed by atoms with E-state index in [2.05, 4.69) is 4.90 Å². The molecule has 2 aliphatic rings. The third-order valence-electron chi connectivity index (χ3n) is 7.39. The standard InChI is InChI=1S/C24H35F3N2O2/c1-16-13-19(14-17(2)21(16)30)15-18(3)22(31)29-9-5-20(6-10-29)28-11-7-23(4,8-12-28)24(25,26)27/h13-14,18,20,30H,5-12,15H2,1-4H3/t18-/m1/s1. The lowest BCUT2D eigenvalue weighted by molar-refractivity contribution is -0.232. The zero-order chi connectivity index (χ0) is 23.0. The molecule has 3 rings (SSSR count). The van der Waals surface area contributed by atoms with Crippen LogP contribution in [-0.4, -0.2) is 59.2 Å². The fourth-order valence-electron chi connectivity index (χ4n) is 5.03. The maximum atomic E-state index is 13.3. The molecule has 0 radical (unpaired) electrons. The van der Waals surface area contributed by atoms with Crippen LogP contribution < -0.4 is 0 Å². The Labute approximate surface area is 183 Å². The maximum absolute atomic E-state index is 13.3. The summed E-state index contributed by atoms with van der Waals surface area (Å²) in [6.45, 7) is 9.28. The van der Waals surface area contributed by atoms with Crippen molar-refractivity contribution in [3.05, 3.63) is 28.8 Å². The number of benzene rings is 1. The Hall–Kier alpha value is -1.76. The number of carbonyl (C=O) groups is 1. The first-order valence-electron chi connectivity index (χ1n) is 11.3. The summed E-state index contributed by atoms with van der Waals surface area (Å²) in [4.78, 5) is 17.1. The number of hydrogen-bond donors (Lipinski definition) is 1. The van der Waals surface area contributed by atoms with E-state index in [9.17, 15) is 23.1 Å². The molecule has 2 heterocycles. The van der Waals surface area contributed by atoms with Crippen LogP contribution in [0.1, 0.15) is 56.2 Å². The molecule has 1 N–H and O–H groups in total. The van der Waals surface area contributed by atoms with Gasteiger partial charge in [0.15, 0.2) is 0 Å². The zero-order valence-electron chi connectivity index (χ0n) is 19.1. The molecular weight excluding hydrogens is 405 g/mol. The van der Waals surface area contributed by atoms with Gasteiger partial charge < -0.3 is 14.9 Å². The van der Waals surface area contributed by atoms with Crippen molar-refractivity contribution in [2.75, 3.05) is 26.2 Å². The van der Waals surface area contributed by atoms with Gasteiger partial charge in [0, 0.05) is 25.0 Å². The summed E-state index contributed by atoms with van der Waals surface area (Å²) in [7, 11) is 0. The number of phenolic OH excluding ortho intramolecular Hbond substituents is 1. The smallest absolute Gasteiger partial charge is 0.394 e. The number of aryl methyl sites for hydroxylation is 2. The van der Waals surface area contributed by atoms with E-state index >= 15 is 0 Å². The lowest BCUT2D eigenvalue weighted by atomic mass is 9.79. The van der Waals surface area contributed by atoms with E-state index in [1.54, 1.807) is 0 Å². The fraction of sp³-hybridized carbons (Fsp3) is 0.708. The number of nitrogens with zero attached hydrogens (tertiary/aromatic N) is 2. The molecule has 0 bridgehead atoms. The lowest BCUT2D eigenvalue weighted by Crippen LogP contribution is -2.53. The van der Waals surface area contributed by atoms with Gasteiger partial charge >= 0.3 is 6.18 Å². The van der Waals surface area contributed by atoms with E-state index in [1.807, 2.05) is 37.8 Å². The second kappa shape index (κ2) is 9.00. The van der Waals surface area contributed by atoms with E-state index in [4.69, 9.17) is 0 Å². The number of alkyl halides is 3. The molecule has 1 amide bonds. The van der Waals surface area contributed by atoms with E-state index in [0.29, 0.717) is 38.3 Å². The minimum absolute atomic E-state index is 0.130. The second-order valence-electron chi connectivity index (χ2n) is 9.83. The van der Waals surface area contributed by atoms with Crippen molar-refractivity contribution in [1.29, 1.82) is 0 Å². The first kappa shape index (κ1) is 23.9. The summed E-state index contributed by atoms with van der Waals surface area (Å²) in [5.74, 6) is 0.283. The molecule has 174 valence electrons. The normalized spacial score (nSPS) is 21.8. The van der Waals surface area contributed by atoms with Crippen LogP contribution in [0.3, 0.4) is 0 Å². The lowest BCUT2D eigenvalue weighted by Gasteiger charge is -2.45. The van der Waals surface area contributed by atoms with Crippen LogP contribution in [0.5, 0.6) is 5.75 Å². The molecule has 4 nitrogen and oxygen atoms in total. The summed E-state index contributed by atoms with van der Waals surface area (Å²) in [6, 6.07) is 4.13. The summed E-state index contributed by atoms with van der Waals surface area (Å²) >= 11 is 0. The minimum atomic E-state index is -4.14. The highest BCUT2D eigenvalue weighted by atomic mass is 19.4. The Bertz CT molecular complexity index is 769. The van der Waals surface area contributed by atoms with Gasteiger partial charge in [-0.2, -0.15) is 13.2 Å². The van der Waals surface area contributed by atoms with Gasteiger partial charge in [0.25, 0.3) is 0 Å². The third kappa shape index (κ3) is 5.18. The molecule has 2 saturated heterocycles. The predicted molar refractivity (Wildman–Crippen MR) is 115 cm³/mol. The summed E-state index contributed by atoms with van der Waals surface area (Å²) in [5, 5.41) is 9.94. The van der Waals surface area contributed by atoms with Crippen molar-refractivity contribution in [2.45, 2.75) is 72.0 Å². The molecule has 0 spiro atoms. The molecule has 0 unspecified atom stereocenters. The van der Waals surface area contributed by atoms with E-state index in [0.717, 1.165) is 29.5 Å². The Balaban J connectivity index is 1.50. The second-order valence-corrected chi connectivity index (χ2v) is 9.83. The largest absolute Gasteiger partial charge is 0.507 e. The number of rotatable bonds is 4. The third-order valence-corrected chi connectivity index (χ3v) is 7.39. The summed E-state index contributed by atoms with van der Waals surface area (Å²) in [5.41, 5.74) is 1.11. The number of amides is 1. The number of hydrogen-bond acceptors (Lipinski definition) is 3. The first-order chi connectivity index (χ1) is 14.4. The van der Waals surface area contributed by atoms with Crippen LogP contribution in [0.4, 0.5) is 13.2 Å². The van der Waals surface area contributed by atoms with Gasteiger partial charge in [0.1, 0.15) is 5.75 Å². The number of likely N-dealkylation sites (tertiary alicyclic amines) is 2. The van der Waals surface area contributed by atoms with Crippen molar-refractivity contribution in [2.24, 2.45) is 11.3 Å². The molecule has 1 aromatic carbocycles. The molecule has 2 fully saturated rings. The number of carbonyl (C=O) groups excluding carboxylic acids is 1. The first-order valence-corrected chi connectivity index (χ1v) is 11.3. The van der Waals surface area contributed by atoms with Crippen molar-refractivity contribution in [3.8, 4) is 5.75 Å². The van der Waals surface area contributed by atoms with E-state index in [1.165, 1.54) is 6.92 Å². The zero-order valence-corrected chi connectivity index (χ0v) is 19.1. The molecule has 1 aromatic rings. The average Bonchev–Trinajstić information content (AvgIpc) is 2.71. The Morgan fingerprint density at radius 2 is 1.65 bits per heavy atom. The van der Waals surface area contributed by atoms with Crippen LogP contribution in [0.15, 0.2) is 12.1 Å². The quantitative estimate of drug-likeness (QED) is 0.728. The Morgan fingerprint density at radius 1 is 1.13 bits per heavy atom. The molecule has 0 aromatic heterocycles. The van der Waals surface area contributed by atoms with E-state index < -0.39 is 11.6 Å². The van der Waals surface area contributed by atoms with Crippen LogP contribution in [0.25, 0.3) is 0 Å². The minimum Gasteiger partial charge on any atom is -0.507 e. The molecule has 2 aliphatic heterocycles. The Morgan fingerprint density at radius 3 is 2.13 bits per heavy atom. The number of phenols is 1. The van der Waals surface area contributed by atoms with E-state index in [-0.39, 0.29) is 30.7 Å². The van der Waals surface area contributed by atoms with Crippen molar-refractivity contribution < 1.29 is 23.1 Å². The van der Waals surface area contributed by atoms with Crippen molar-refractivity contribution in [1.82, 2.24) is 9.80 Å². The molecule has 1 atom stereocenters. The number of halogens is 3. The van der Waals surface area contributed by atoms with Gasteiger partial charge in [-0.3, -0.25) is 4.79 Å². The topological polar surface area (TPSA) is 43.8 Å². The maximum Gasteiger partial charge on any atom is 0.394 e. The van der Waals surface area contributed by atoms with Crippen LogP contribution >= 0.6 is 0 Å². The molecule has 0 aliphatic carbocycles. The average molecular weight is 441 g/mol. The number of piperidine rings is 2. The van der Waals surface area contributed by atoms with Gasteiger partial charge in [0.2, 0.25) is 5.91 Å². The predicted octanol–water partition coefficient (Wildman–Crippen LogP) is 4.84. The van der Waals surface area contributed by atoms with Crippen molar-refractivity contribution in [3.63, 3.8) is 0 Å². The van der Waals surface area contributed by atoms with Gasteiger partial charge in [-0.05, 0) is 75.7 Å². The van der Waals surface area contributed by atoms with Crippen LogP contribution in [0, 0.1) is 25.2 Å². The summed E-state index contributed by atoms with van der Waals surface area (Å²) in [6.07, 6.45) is -1.57. The Kier molecular flexibility index (Phi) is 6.94. The molecule has 31 heavy (non-hydrogen) atoms. The summed E-state index contributed by atoms with van der Waals surface area (Å²) < 4.78 is 39.8. The van der Waals surface area contributed by atoms with Crippen molar-refractivity contribution >= 4 is 5.91 Å². The molecular formula is C24H35F3N2O2. The fourth-order valence-corrected chi connectivity index (χ4v) is 5.03. The highest BCUT2D eigenvalue weighted by Gasteiger charge is 2.52. The van der Waals surface area contributed by atoms with Gasteiger partial charge in [0.05, 0.1) is 5.41 Å². The van der Waals surface area contributed by atoms with Crippen LogP contribution in [-0.2, 0) is 11.2 Å². The van der Waals surface area contributed by atoms with Gasteiger partial charge in [-0.15, -0.1) is 0 Å². The highest BCUT2D eigenvalue weighted by Crippen LogP contribution is 2.46. The van der Waals surface area contributed by atoms with Gasteiger partial charge in [-0.25, -0.2) is 0 Å². The molecule has 7 heteroatoms.